The van der Waals surface area contributed by atoms with Gasteiger partial charge < -0.3 is 15.1 Å². The van der Waals surface area contributed by atoms with Crippen LogP contribution in [0.5, 0.6) is 0 Å². The standard InChI is InChI=1S/C14H17BrN2O2.ClH/c1-8(16-3)7-17-14(18)13-9(2)11-6-10(15)4-5-12(11)19-13;/h4-6,8,16H,7H2,1-3H3,(H,17,18);1H. The number of halogens is 2. The zero-order valence-electron chi connectivity index (χ0n) is 11.6. The van der Waals surface area contributed by atoms with E-state index >= 15 is 0 Å². The predicted molar refractivity (Wildman–Crippen MR) is 86.8 cm³/mol. The number of furan rings is 1. The van der Waals surface area contributed by atoms with E-state index in [-0.39, 0.29) is 24.4 Å². The lowest BCUT2D eigenvalue weighted by Crippen LogP contribution is -2.37. The van der Waals surface area contributed by atoms with Crippen molar-refractivity contribution in [2.75, 3.05) is 13.6 Å². The lowest BCUT2D eigenvalue weighted by molar-refractivity contribution is 0.0924. The van der Waals surface area contributed by atoms with Crippen molar-refractivity contribution in [1.82, 2.24) is 10.6 Å². The van der Waals surface area contributed by atoms with E-state index < -0.39 is 0 Å². The number of benzene rings is 1. The monoisotopic (exact) mass is 360 g/mol. The molecule has 0 saturated heterocycles. The molecule has 1 heterocycles. The van der Waals surface area contributed by atoms with Crippen LogP contribution in [0.25, 0.3) is 11.0 Å². The topological polar surface area (TPSA) is 54.3 Å². The minimum atomic E-state index is -0.174. The summed E-state index contributed by atoms with van der Waals surface area (Å²) in [5, 5.41) is 6.89. The Bertz CT molecular complexity index is 612. The van der Waals surface area contributed by atoms with Crippen molar-refractivity contribution in [2.24, 2.45) is 0 Å². The van der Waals surface area contributed by atoms with E-state index in [1.54, 1.807) is 0 Å². The van der Waals surface area contributed by atoms with Crippen LogP contribution in [0.4, 0.5) is 0 Å². The SMILES string of the molecule is CNC(C)CNC(=O)c1oc2ccc(Br)cc2c1C.Cl. The maximum Gasteiger partial charge on any atom is 0.287 e. The Morgan fingerprint density at radius 1 is 1.45 bits per heavy atom. The summed E-state index contributed by atoms with van der Waals surface area (Å²) in [5.74, 6) is 0.211. The largest absolute Gasteiger partial charge is 0.451 e. The van der Waals surface area contributed by atoms with Gasteiger partial charge in [0.05, 0.1) is 0 Å². The molecule has 1 amide bonds. The lowest BCUT2D eigenvalue weighted by Gasteiger charge is -2.10. The molecule has 1 atom stereocenters. The Hall–Kier alpha value is -1.04. The van der Waals surface area contributed by atoms with E-state index in [4.69, 9.17) is 4.42 Å². The molecule has 2 rings (SSSR count). The first-order valence-electron chi connectivity index (χ1n) is 6.17. The first-order valence-corrected chi connectivity index (χ1v) is 6.96. The van der Waals surface area contributed by atoms with Crippen LogP contribution in [0.1, 0.15) is 23.0 Å². The second-order valence-electron chi connectivity index (χ2n) is 4.60. The highest BCUT2D eigenvalue weighted by Gasteiger charge is 2.17. The van der Waals surface area contributed by atoms with Gasteiger partial charge in [0.2, 0.25) is 0 Å². The average molecular weight is 362 g/mol. The van der Waals surface area contributed by atoms with Crippen molar-refractivity contribution in [2.45, 2.75) is 19.9 Å². The van der Waals surface area contributed by atoms with Gasteiger partial charge >= 0.3 is 0 Å². The summed E-state index contributed by atoms with van der Waals surface area (Å²) >= 11 is 3.42. The van der Waals surface area contributed by atoms with Crippen LogP contribution < -0.4 is 10.6 Å². The van der Waals surface area contributed by atoms with Crippen LogP contribution in [-0.2, 0) is 0 Å². The van der Waals surface area contributed by atoms with Gasteiger partial charge in [-0.1, -0.05) is 15.9 Å². The predicted octanol–water partition coefficient (Wildman–Crippen LogP) is 3.26. The summed E-state index contributed by atoms with van der Waals surface area (Å²) in [6, 6.07) is 5.94. The van der Waals surface area contributed by atoms with E-state index in [0.717, 1.165) is 21.0 Å². The van der Waals surface area contributed by atoms with Crippen LogP contribution in [0, 0.1) is 6.92 Å². The molecule has 1 unspecified atom stereocenters. The number of rotatable bonds is 4. The fraction of sp³-hybridized carbons (Fsp3) is 0.357. The second-order valence-corrected chi connectivity index (χ2v) is 5.51. The number of hydrogen-bond acceptors (Lipinski definition) is 3. The summed E-state index contributed by atoms with van der Waals surface area (Å²) in [6.07, 6.45) is 0. The van der Waals surface area contributed by atoms with Gasteiger partial charge in [-0.3, -0.25) is 4.79 Å². The molecule has 0 aliphatic heterocycles. The van der Waals surface area contributed by atoms with Crippen molar-refractivity contribution >= 4 is 45.2 Å². The fourth-order valence-corrected chi connectivity index (χ4v) is 2.20. The maximum atomic E-state index is 12.1. The molecule has 0 fully saturated rings. The molecule has 0 spiro atoms. The highest BCUT2D eigenvalue weighted by molar-refractivity contribution is 9.10. The first-order chi connectivity index (χ1) is 9.02. The molecule has 2 aromatic rings. The number of likely N-dealkylation sites (N-methyl/N-ethyl adjacent to an activating group) is 1. The van der Waals surface area contributed by atoms with Crippen molar-refractivity contribution in [3.05, 3.63) is 34.0 Å². The van der Waals surface area contributed by atoms with E-state index in [0.29, 0.717) is 12.3 Å². The summed E-state index contributed by atoms with van der Waals surface area (Å²) in [7, 11) is 1.86. The van der Waals surface area contributed by atoms with Gasteiger partial charge in [-0.25, -0.2) is 0 Å². The summed E-state index contributed by atoms with van der Waals surface area (Å²) < 4.78 is 6.60. The van der Waals surface area contributed by atoms with Gasteiger partial charge in [0.1, 0.15) is 5.58 Å². The van der Waals surface area contributed by atoms with Crippen LogP contribution in [0.15, 0.2) is 27.1 Å². The molecular formula is C14H18BrClN2O2. The molecule has 4 nitrogen and oxygen atoms in total. The number of hydrogen-bond donors (Lipinski definition) is 2. The minimum Gasteiger partial charge on any atom is -0.451 e. The number of amides is 1. The van der Waals surface area contributed by atoms with Gasteiger partial charge in [-0.05, 0) is 39.1 Å². The summed E-state index contributed by atoms with van der Waals surface area (Å²) in [4.78, 5) is 12.1. The van der Waals surface area contributed by atoms with Gasteiger partial charge in [-0.2, -0.15) is 0 Å². The Kier molecular flexibility index (Phi) is 6.05. The second kappa shape index (κ2) is 7.11. The third-order valence-electron chi connectivity index (χ3n) is 3.17. The fourth-order valence-electron chi connectivity index (χ4n) is 1.84. The number of carbonyl (C=O) groups excluding carboxylic acids is 1. The number of aryl methyl sites for hydroxylation is 1. The Labute approximate surface area is 132 Å². The van der Waals surface area contributed by atoms with Gasteiger partial charge in [0.25, 0.3) is 5.91 Å². The van der Waals surface area contributed by atoms with E-state index in [1.165, 1.54) is 0 Å². The van der Waals surface area contributed by atoms with E-state index in [1.807, 2.05) is 39.1 Å². The van der Waals surface area contributed by atoms with Crippen LogP contribution in [0.2, 0.25) is 0 Å². The maximum absolute atomic E-state index is 12.1. The van der Waals surface area contributed by atoms with Gasteiger partial charge in [0, 0.05) is 28.0 Å². The van der Waals surface area contributed by atoms with E-state index in [9.17, 15) is 4.79 Å². The molecule has 0 bridgehead atoms. The molecule has 0 saturated carbocycles. The Morgan fingerprint density at radius 3 is 2.80 bits per heavy atom. The number of nitrogens with one attached hydrogen (secondary N) is 2. The Balaban J connectivity index is 0.00000200. The molecule has 0 aliphatic carbocycles. The van der Waals surface area contributed by atoms with Crippen molar-refractivity contribution in [3.63, 3.8) is 0 Å². The molecule has 1 aromatic carbocycles. The quantitative estimate of drug-likeness (QED) is 0.879. The smallest absolute Gasteiger partial charge is 0.287 e. The van der Waals surface area contributed by atoms with Gasteiger partial charge in [0.15, 0.2) is 5.76 Å². The molecule has 1 aromatic heterocycles. The normalized spacial score (nSPS) is 12.0. The van der Waals surface area contributed by atoms with Crippen LogP contribution in [0.3, 0.4) is 0 Å². The van der Waals surface area contributed by atoms with Crippen LogP contribution in [-0.4, -0.2) is 25.5 Å². The molecule has 0 radical (unpaired) electrons. The van der Waals surface area contributed by atoms with Crippen LogP contribution >= 0.6 is 28.3 Å². The van der Waals surface area contributed by atoms with E-state index in [2.05, 4.69) is 26.6 Å². The zero-order valence-corrected chi connectivity index (χ0v) is 14.0. The molecule has 0 aliphatic rings. The van der Waals surface area contributed by atoms with Crippen molar-refractivity contribution in [3.8, 4) is 0 Å². The minimum absolute atomic E-state index is 0. The molecular weight excluding hydrogens is 344 g/mol. The highest BCUT2D eigenvalue weighted by atomic mass is 79.9. The first kappa shape index (κ1) is 17.0. The Morgan fingerprint density at radius 2 is 2.15 bits per heavy atom. The summed E-state index contributed by atoms with van der Waals surface area (Å²) in [5.41, 5.74) is 1.60. The van der Waals surface area contributed by atoms with Crippen molar-refractivity contribution < 1.29 is 9.21 Å². The number of carbonyl (C=O) groups is 1. The number of fused-ring (bicyclic) bond motifs is 1. The van der Waals surface area contributed by atoms with Gasteiger partial charge in [-0.15, -0.1) is 12.4 Å². The van der Waals surface area contributed by atoms with Crippen molar-refractivity contribution in [1.29, 1.82) is 0 Å². The summed E-state index contributed by atoms with van der Waals surface area (Å²) in [6.45, 7) is 4.47. The molecule has 20 heavy (non-hydrogen) atoms. The molecule has 2 N–H and O–H groups in total. The molecule has 6 heteroatoms. The third-order valence-corrected chi connectivity index (χ3v) is 3.66. The molecule has 110 valence electrons. The average Bonchev–Trinajstić information content (AvgIpc) is 2.73. The lowest BCUT2D eigenvalue weighted by atomic mass is 10.1. The zero-order chi connectivity index (χ0) is 14.0. The third kappa shape index (κ3) is 3.53. The highest BCUT2D eigenvalue weighted by Crippen LogP contribution is 2.27.